The molecule has 2 N–H and O–H groups in total. The number of nitrogens with zero attached hydrogens (tertiary/aromatic N) is 1. The van der Waals surface area contributed by atoms with Crippen LogP contribution in [0.25, 0.3) is 0 Å². The van der Waals surface area contributed by atoms with Crippen LogP contribution in [0.15, 0.2) is 0 Å². The molecule has 1 saturated heterocycles. The van der Waals surface area contributed by atoms with E-state index >= 15 is 0 Å². The van der Waals surface area contributed by atoms with Crippen LogP contribution in [0, 0.1) is 11.8 Å². The Morgan fingerprint density at radius 3 is 2.38 bits per heavy atom. The first-order valence-corrected chi connectivity index (χ1v) is 5.72. The van der Waals surface area contributed by atoms with Crippen LogP contribution in [0.2, 0.25) is 0 Å². The molecule has 2 rings (SSSR count). The molecule has 1 heterocycles. The highest BCUT2D eigenvalue weighted by Crippen LogP contribution is 2.27. The average Bonchev–Trinajstić information content (AvgIpc) is 2.06. The van der Waals surface area contributed by atoms with Gasteiger partial charge >= 0.3 is 0 Å². The van der Waals surface area contributed by atoms with E-state index in [9.17, 15) is 0 Å². The van der Waals surface area contributed by atoms with Gasteiger partial charge < -0.3 is 10.6 Å². The number of hydrogen-bond acceptors (Lipinski definition) is 2. The van der Waals surface area contributed by atoms with Crippen LogP contribution in [0.3, 0.4) is 0 Å². The summed E-state index contributed by atoms with van der Waals surface area (Å²) in [5.74, 6) is 1.88. The first kappa shape index (κ1) is 9.47. The molecule has 1 aliphatic heterocycles. The molecule has 0 atom stereocenters. The maximum Gasteiger partial charge on any atom is 0.00450 e. The Kier molecular flexibility index (Phi) is 2.89. The van der Waals surface area contributed by atoms with E-state index < -0.39 is 0 Å². The first-order chi connectivity index (χ1) is 6.24. The second-order valence-electron chi connectivity index (χ2n) is 5.08. The molecule has 2 nitrogen and oxygen atoms in total. The molecular formula is C11H22N2. The van der Waals surface area contributed by atoms with E-state index in [-0.39, 0.29) is 0 Å². The number of hydrogen-bond donors (Lipinski definition) is 1. The molecule has 13 heavy (non-hydrogen) atoms. The highest BCUT2D eigenvalue weighted by Gasteiger charge is 2.28. The van der Waals surface area contributed by atoms with Crippen molar-refractivity contribution in [2.45, 2.75) is 38.6 Å². The van der Waals surface area contributed by atoms with Crippen LogP contribution >= 0.6 is 0 Å². The standard InChI is InChI=1S/C11H22N2/c1-9-2-4-13(5-3-9)8-10-6-11(12)7-10/h9-11H,2-8,12H2,1H3. The van der Waals surface area contributed by atoms with Gasteiger partial charge in [0.25, 0.3) is 0 Å². The minimum Gasteiger partial charge on any atom is -0.328 e. The van der Waals surface area contributed by atoms with Crippen LogP contribution in [0.5, 0.6) is 0 Å². The molecule has 0 aromatic carbocycles. The van der Waals surface area contributed by atoms with Crippen LogP contribution < -0.4 is 5.73 Å². The molecule has 76 valence electrons. The highest BCUT2D eigenvalue weighted by atomic mass is 15.1. The monoisotopic (exact) mass is 182 g/mol. The van der Waals surface area contributed by atoms with Crippen molar-refractivity contribution in [2.75, 3.05) is 19.6 Å². The van der Waals surface area contributed by atoms with Crippen LogP contribution in [0.1, 0.15) is 32.6 Å². The zero-order valence-electron chi connectivity index (χ0n) is 8.71. The lowest BCUT2D eigenvalue weighted by atomic mass is 9.80. The van der Waals surface area contributed by atoms with Crippen LogP contribution in [0.4, 0.5) is 0 Å². The van der Waals surface area contributed by atoms with Crippen molar-refractivity contribution in [1.29, 1.82) is 0 Å². The molecule has 0 aromatic rings. The SMILES string of the molecule is CC1CCN(CC2CC(N)C2)CC1. The van der Waals surface area contributed by atoms with Gasteiger partial charge in [-0.3, -0.25) is 0 Å². The normalized spacial score (nSPS) is 37.4. The van der Waals surface area contributed by atoms with E-state index in [1.54, 1.807) is 0 Å². The van der Waals surface area contributed by atoms with E-state index in [2.05, 4.69) is 11.8 Å². The van der Waals surface area contributed by atoms with Crippen LogP contribution in [-0.4, -0.2) is 30.6 Å². The van der Waals surface area contributed by atoms with Crippen molar-refractivity contribution >= 4 is 0 Å². The number of rotatable bonds is 2. The van der Waals surface area contributed by atoms with Gasteiger partial charge in [0.2, 0.25) is 0 Å². The van der Waals surface area contributed by atoms with Crippen molar-refractivity contribution in [1.82, 2.24) is 4.90 Å². The maximum atomic E-state index is 5.78. The fourth-order valence-electron chi connectivity index (χ4n) is 2.55. The lowest BCUT2D eigenvalue weighted by molar-refractivity contribution is 0.125. The average molecular weight is 182 g/mol. The predicted molar refractivity (Wildman–Crippen MR) is 55.5 cm³/mol. The molecule has 0 spiro atoms. The van der Waals surface area contributed by atoms with E-state index in [4.69, 9.17) is 5.73 Å². The third kappa shape index (κ3) is 2.44. The summed E-state index contributed by atoms with van der Waals surface area (Å²) < 4.78 is 0. The fraction of sp³-hybridized carbons (Fsp3) is 1.00. The number of nitrogens with two attached hydrogens (primary N) is 1. The van der Waals surface area contributed by atoms with Gasteiger partial charge in [0, 0.05) is 12.6 Å². The zero-order chi connectivity index (χ0) is 9.26. The molecule has 0 amide bonds. The van der Waals surface area contributed by atoms with Crippen molar-refractivity contribution in [3.05, 3.63) is 0 Å². The Balaban J connectivity index is 1.65. The Morgan fingerprint density at radius 2 is 1.85 bits per heavy atom. The second-order valence-corrected chi connectivity index (χ2v) is 5.08. The molecule has 1 aliphatic carbocycles. The fourth-order valence-corrected chi connectivity index (χ4v) is 2.55. The Bertz CT molecular complexity index is 155. The summed E-state index contributed by atoms with van der Waals surface area (Å²) in [4.78, 5) is 2.64. The summed E-state index contributed by atoms with van der Waals surface area (Å²) in [6, 6.07) is 0.522. The van der Waals surface area contributed by atoms with Crippen molar-refractivity contribution in [2.24, 2.45) is 17.6 Å². The van der Waals surface area contributed by atoms with Crippen LogP contribution in [-0.2, 0) is 0 Å². The van der Waals surface area contributed by atoms with Crippen molar-refractivity contribution in [3.8, 4) is 0 Å². The van der Waals surface area contributed by atoms with E-state index in [1.807, 2.05) is 0 Å². The topological polar surface area (TPSA) is 29.3 Å². The largest absolute Gasteiger partial charge is 0.328 e. The first-order valence-electron chi connectivity index (χ1n) is 5.72. The molecule has 0 aromatic heterocycles. The Hall–Kier alpha value is -0.0800. The van der Waals surface area contributed by atoms with Gasteiger partial charge in [0.15, 0.2) is 0 Å². The minimum atomic E-state index is 0.522. The molecular weight excluding hydrogens is 160 g/mol. The summed E-state index contributed by atoms with van der Waals surface area (Å²) in [6.45, 7) is 6.34. The van der Waals surface area contributed by atoms with Gasteiger partial charge in [-0.2, -0.15) is 0 Å². The van der Waals surface area contributed by atoms with Crippen molar-refractivity contribution in [3.63, 3.8) is 0 Å². The minimum absolute atomic E-state index is 0.522. The highest BCUT2D eigenvalue weighted by molar-refractivity contribution is 4.85. The smallest absolute Gasteiger partial charge is 0.00450 e. The number of likely N-dealkylation sites (tertiary alicyclic amines) is 1. The van der Waals surface area contributed by atoms with E-state index in [0.717, 1.165) is 11.8 Å². The molecule has 0 unspecified atom stereocenters. The van der Waals surface area contributed by atoms with Gasteiger partial charge in [-0.15, -0.1) is 0 Å². The molecule has 0 radical (unpaired) electrons. The Morgan fingerprint density at radius 1 is 1.23 bits per heavy atom. The Labute approximate surface area is 81.5 Å². The lowest BCUT2D eigenvalue weighted by Gasteiger charge is -2.39. The van der Waals surface area contributed by atoms with E-state index in [0.29, 0.717) is 6.04 Å². The van der Waals surface area contributed by atoms with Gasteiger partial charge in [-0.25, -0.2) is 0 Å². The third-order valence-corrected chi connectivity index (χ3v) is 3.66. The van der Waals surface area contributed by atoms with Crippen molar-refractivity contribution < 1.29 is 0 Å². The van der Waals surface area contributed by atoms with Gasteiger partial charge in [0.05, 0.1) is 0 Å². The molecule has 0 bridgehead atoms. The van der Waals surface area contributed by atoms with E-state index in [1.165, 1.54) is 45.3 Å². The summed E-state index contributed by atoms with van der Waals surface area (Å²) in [7, 11) is 0. The molecule has 2 fully saturated rings. The summed E-state index contributed by atoms with van der Waals surface area (Å²) in [5, 5.41) is 0. The zero-order valence-corrected chi connectivity index (χ0v) is 8.71. The van der Waals surface area contributed by atoms with Gasteiger partial charge in [0.1, 0.15) is 0 Å². The lowest BCUT2D eigenvalue weighted by Crippen LogP contribution is -2.44. The summed E-state index contributed by atoms with van der Waals surface area (Å²) in [6.07, 6.45) is 5.34. The molecule has 2 aliphatic rings. The second kappa shape index (κ2) is 3.97. The van der Waals surface area contributed by atoms with Gasteiger partial charge in [-0.1, -0.05) is 6.92 Å². The third-order valence-electron chi connectivity index (χ3n) is 3.66. The summed E-state index contributed by atoms with van der Waals surface area (Å²) in [5.41, 5.74) is 5.78. The predicted octanol–water partition coefficient (Wildman–Crippen LogP) is 1.46. The quantitative estimate of drug-likeness (QED) is 0.700. The summed E-state index contributed by atoms with van der Waals surface area (Å²) >= 11 is 0. The number of piperidine rings is 1. The van der Waals surface area contributed by atoms with Gasteiger partial charge in [-0.05, 0) is 50.6 Å². The maximum absolute atomic E-state index is 5.78. The molecule has 2 heteroatoms. The molecule has 1 saturated carbocycles.